The van der Waals surface area contributed by atoms with Gasteiger partial charge in [0.2, 0.25) is 0 Å². The van der Waals surface area contributed by atoms with Crippen LogP contribution in [-0.4, -0.2) is 25.5 Å². The number of fused-ring (bicyclic) bond motifs is 5. The minimum Gasteiger partial charge on any atom is -0.508 e. The maximum absolute atomic E-state index is 13.2. The first kappa shape index (κ1) is 20.5. The molecule has 0 spiro atoms. The second-order valence-corrected chi connectivity index (χ2v) is 8.03. The first-order chi connectivity index (χ1) is 16.7. The van der Waals surface area contributed by atoms with Crippen molar-refractivity contribution < 1.29 is 39.1 Å². The zero-order valence-corrected chi connectivity index (χ0v) is 17.5. The molecule has 0 radical (unpaired) electrons. The average Bonchev–Trinajstić information content (AvgIpc) is 2.79. The van der Waals surface area contributed by atoms with Crippen molar-refractivity contribution in [2.24, 2.45) is 0 Å². The molecule has 3 heterocycles. The van der Waals surface area contributed by atoms with E-state index in [4.69, 9.17) is 13.6 Å². The van der Waals surface area contributed by atoms with Gasteiger partial charge in [0.25, 0.3) is 0 Å². The van der Waals surface area contributed by atoms with Crippen LogP contribution < -0.4 is 16.0 Å². The van der Waals surface area contributed by atoms with Gasteiger partial charge in [-0.2, -0.15) is 0 Å². The third-order valence-electron chi connectivity index (χ3n) is 5.99. The lowest BCUT2D eigenvalue weighted by Crippen LogP contribution is -2.24. The summed E-state index contributed by atoms with van der Waals surface area (Å²) in [6.07, 6.45) is 0. The van der Waals surface area contributed by atoms with E-state index in [9.17, 15) is 35.1 Å². The molecule has 1 unspecified atom stereocenters. The van der Waals surface area contributed by atoms with E-state index in [-0.39, 0.29) is 50.3 Å². The minimum atomic E-state index is -1.25. The summed E-state index contributed by atoms with van der Waals surface area (Å²) >= 11 is 0. The molecule has 3 aromatic carbocycles. The van der Waals surface area contributed by atoms with Gasteiger partial charge in [-0.05, 0) is 12.1 Å². The summed E-state index contributed by atoms with van der Waals surface area (Å²) in [6.45, 7) is 0. The van der Waals surface area contributed by atoms with Crippen molar-refractivity contribution >= 4 is 21.9 Å². The smallest absolute Gasteiger partial charge is 0.344 e. The van der Waals surface area contributed by atoms with Crippen molar-refractivity contribution in [1.82, 2.24) is 0 Å². The quantitative estimate of drug-likeness (QED) is 0.175. The monoisotopic (exact) mass is 474 g/mol. The van der Waals surface area contributed by atoms with Crippen LogP contribution in [0.1, 0.15) is 22.6 Å². The molecule has 0 bridgehead atoms. The van der Waals surface area contributed by atoms with Crippen LogP contribution in [0.3, 0.4) is 0 Å². The van der Waals surface area contributed by atoms with Gasteiger partial charge in [0.05, 0.1) is 22.4 Å². The van der Waals surface area contributed by atoms with Crippen LogP contribution >= 0.6 is 0 Å². The fourth-order valence-electron chi connectivity index (χ4n) is 4.49. The Morgan fingerprint density at radius 3 is 2.20 bits per heavy atom. The number of phenols is 4. The van der Waals surface area contributed by atoms with Crippen molar-refractivity contribution in [3.63, 3.8) is 0 Å². The SMILES string of the molecule is O=c1oc2cc(O)c(O)cc2c(O)c1C1c2ccccc2Oc2c1c(=O)oc1cc(O)cc(O)c21. The summed E-state index contributed by atoms with van der Waals surface area (Å²) < 4.78 is 16.6. The zero-order chi connectivity index (χ0) is 24.6. The van der Waals surface area contributed by atoms with Crippen molar-refractivity contribution in [1.29, 1.82) is 0 Å². The first-order valence-electron chi connectivity index (χ1n) is 10.3. The summed E-state index contributed by atoms with van der Waals surface area (Å²) in [5.74, 6) is -3.62. The van der Waals surface area contributed by atoms with E-state index in [1.165, 1.54) is 0 Å². The third kappa shape index (κ3) is 2.83. The average molecular weight is 474 g/mol. The van der Waals surface area contributed by atoms with Crippen LogP contribution in [0.2, 0.25) is 0 Å². The second-order valence-electron chi connectivity index (χ2n) is 8.03. The van der Waals surface area contributed by atoms with Crippen molar-refractivity contribution in [3.05, 3.63) is 86.1 Å². The summed E-state index contributed by atoms with van der Waals surface area (Å²) in [5.41, 5.74) is -2.50. The number of hydrogen-bond donors (Lipinski definition) is 5. The molecule has 2 aromatic heterocycles. The molecule has 10 heteroatoms. The molecule has 1 aliphatic rings. The van der Waals surface area contributed by atoms with Crippen LogP contribution in [0.4, 0.5) is 0 Å². The molecular formula is C25H14O10. The predicted molar refractivity (Wildman–Crippen MR) is 121 cm³/mol. The molecule has 0 fully saturated rings. The number of para-hydroxylation sites is 1. The topological polar surface area (TPSA) is 171 Å². The highest BCUT2D eigenvalue weighted by Crippen LogP contribution is 2.52. The standard InChI is InChI=1S/C25H14O10/c26-9-5-14(29)19-17(6-9)35-25(32)21-18(10-3-1-2-4-15(10)33-23(19)21)20-22(30)11-7-12(27)13(28)8-16(11)34-24(20)31/h1-8,18,26-30H. The number of hydrogen-bond acceptors (Lipinski definition) is 10. The lowest BCUT2D eigenvalue weighted by Gasteiger charge is -2.28. The normalized spacial score (nSPS) is 14.5. The van der Waals surface area contributed by atoms with Gasteiger partial charge in [-0.3, -0.25) is 0 Å². The van der Waals surface area contributed by atoms with Crippen LogP contribution in [-0.2, 0) is 0 Å². The largest absolute Gasteiger partial charge is 0.508 e. The van der Waals surface area contributed by atoms with E-state index in [1.807, 2.05) is 0 Å². The van der Waals surface area contributed by atoms with E-state index < -0.39 is 40.2 Å². The van der Waals surface area contributed by atoms with Gasteiger partial charge >= 0.3 is 11.3 Å². The Labute approximate surface area is 193 Å². The molecule has 10 nitrogen and oxygen atoms in total. The Morgan fingerprint density at radius 2 is 1.40 bits per heavy atom. The summed E-state index contributed by atoms with van der Waals surface area (Å²) in [4.78, 5) is 26.3. The molecule has 5 N–H and O–H groups in total. The fraction of sp³-hybridized carbons (Fsp3) is 0.0400. The fourth-order valence-corrected chi connectivity index (χ4v) is 4.49. The maximum atomic E-state index is 13.2. The number of benzene rings is 3. The Kier molecular flexibility index (Phi) is 4.06. The highest BCUT2D eigenvalue weighted by Gasteiger charge is 2.38. The molecule has 0 saturated carbocycles. The Hall–Kier alpha value is -5.12. The van der Waals surface area contributed by atoms with Crippen LogP contribution in [0.5, 0.6) is 40.2 Å². The van der Waals surface area contributed by atoms with Gasteiger partial charge in [-0.1, -0.05) is 18.2 Å². The summed E-state index contributed by atoms with van der Waals surface area (Å²) in [5, 5.41) is 51.1. The van der Waals surface area contributed by atoms with Gasteiger partial charge in [-0.25, -0.2) is 9.59 Å². The Bertz CT molecular complexity index is 1830. The van der Waals surface area contributed by atoms with Gasteiger partial charge in [0, 0.05) is 23.8 Å². The second kappa shape index (κ2) is 6.94. The molecule has 35 heavy (non-hydrogen) atoms. The van der Waals surface area contributed by atoms with Crippen molar-refractivity contribution in [2.75, 3.05) is 0 Å². The van der Waals surface area contributed by atoms with Gasteiger partial charge < -0.3 is 39.1 Å². The van der Waals surface area contributed by atoms with E-state index in [1.54, 1.807) is 24.3 Å². The molecule has 6 rings (SSSR count). The first-order valence-corrected chi connectivity index (χ1v) is 10.3. The molecule has 5 aromatic rings. The number of aromatic hydroxyl groups is 5. The molecule has 0 saturated heterocycles. The van der Waals surface area contributed by atoms with E-state index >= 15 is 0 Å². The van der Waals surface area contributed by atoms with Gasteiger partial charge in [0.15, 0.2) is 17.2 Å². The van der Waals surface area contributed by atoms with E-state index in [2.05, 4.69) is 0 Å². The van der Waals surface area contributed by atoms with Crippen LogP contribution in [0.15, 0.2) is 67.0 Å². The zero-order valence-electron chi connectivity index (χ0n) is 17.5. The summed E-state index contributed by atoms with van der Waals surface area (Å²) in [7, 11) is 0. The molecule has 1 aliphatic heterocycles. The molecule has 0 amide bonds. The van der Waals surface area contributed by atoms with Crippen LogP contribution in [0.25, 0.3) is 21.9 Å². The highest BCUT2D eigenvalue weighted by molar-refractivity contribution is 5.93. The third-order valence-corrected chi connectivity index (χ3v) is 5.99. The van der Waals surface area contributed by atoms with Gasteiger partial charge in [0.1, 0.15) is 39.6 Å². The number of rotatable bonds is 1. The lowest BCUT2D eigenvalue weighted by atomic mass is 9.82. The molecule has 1 atom stereocenters. The summed E-state index contributed by atoms with van der Waals surface area (Å²) in [6, 6.07) is 10.6. The maximum Gasteiger partial charge on any atom is 0.344 e. The minimum absolute atomic E-state index is 0.0239. The van der Waals surface area contributed by atoms with Crippen molar-refractivity contribution in [3.8, 4) is 40.2 Å². The Morgan fingerprint density at radius 1 is 0.714 bits per heavy atom. The lowest BCUT2D eigenvalue weighted by molar-refractivity contribution is 0.401. The predicted octanol–water partition coefficient (Wildman–Crippen LogP) is 3.71. The van der Waals surface area contributed by atoms with E-state index in [0.29, 0.717) is 5.56 Å². The highest BCUT2D eigenvalue weighted by atomic mass is 16.5. The molecular weight excluding hydrogens is 460 g/mol. The van der Waals surface area contributed by atoms with Gasteiger partial charge in [-0.15, -0.1) is 0 Å². The van der Waals surface area contributed by atoms with E-state index in [0.717, 1.165) is 24.3 Å². The number of ether oxygens (including phenoxy) is 1. The van der Waals surface area contributed by atoms with Crippen LogP contribution in [0, 0.1) is 0 Å². The molecule has 174 valence electrons. The Balaban J connectivity index is 1.76. The van der Waals surface area contributed by atoms with Crippen molar-refractivity contribution in [2.45, 2.75) is 5.92 Å². The molecule has 0 aliphatic carbocycles. The number of phenolic OH excluding ortho intramolecular Hbond substituents is 4.